The van der Waals surface area contributed by atoms with Gasteiger partial charge in [-0.15, -0.1) is 0 Å². The molecule has 0 N–H and O–H groups in total. The van der Waals surface area contributed by atoms with Gasteiger partial charge >= 0.3 is 0 Å². The summed E-state index contributed by atoms with van der Waals surface area (Å²) in [6, 6.07) is 0. The van der Waals surface area contributed by atoms with Crippen molar-refractivity contribution in [3.8, 4) is 0 Å². The SMILES string of the molecule is CC(C)(C)[S@](=O)/N=C\C1CCCCC1. The molecule has 0 aliphatic heterocycles. The van der Waals surface area contributed by atoms with Crippen molar-refractivity contribution in [3.05, 3.63) is 0 Å². The maximum Gasteiger partial charge on any atom is 0.144 e. The third kappa shape index (κ3) is 3.91. The Bertz CT molecular complexity index is 224. The Morgan fingerprint density at radius 1 is 1.21 bits per heavy atom. The second-order valence-corrected chi connectivity index (χ2v) is 6.95. The van der Waals surface area contributed by atoms with Crippen LogP contribution in [0.2, 0.25) is 0 Å². The summed E-state index contributed by atoms with van der Waals surface area (Å²) in [6.07, 6.45) is 8.35. The fourth-order valence-electron chi connectivity index (χ4n) is 1.58. The molecule has 0 amide bonds. The topological polar surface area (TPSA) is 29.4 Å². The van der Waals surface area contributed by atoms with Crippen molar-refractivity contribution in [2.45, 2.75) is 57.6 Å². The average molecular weight is 215 g/mol. The summed E-state index contributed by atoms with van der Waals surface area (Å²) in [5, 5.41) is 0. The van der Waals surface area contributed by atoms with Gasteiger partial charge in [0.05, 0.1) is 4.75 Å². The standard InChI is InChI=1S/C11H21NOS/c1-11(2,3)14(13)12-9-10-7-5-4-6-8-10/h9-10H,4-8H2,1-3H3/b12-9-/t14-/m0/s1. The van der Waals surface area contributed by atoms with E-state index >= 15 is 0 Å². The molecule has 14 heavy (non-hydrogen) atoms. The molecule has 82 valence electrons. The van der Waals surface area contributed by atoms with Crippen LogP contribution in [0.25, 0.3) is 0 Å². The minimum atomic E-state index is -1.07. The smallest absolute Gasteiger partial charge is 0.144 e. The Morgan fingerprint density at radius 3 is 2.29 bits per heavy atom. The van der Waals surface area contributed by atoms with Gasteiger partial charge in [0.25, 0.3) is 0 Å². The van der Waals surface area contributed by atoms with Crippen LogP contribution in [0.1, 0.15) is 52.9 Å². The second-order valence-electron chi connectivity index (χ2n) is 5.01. The molecule has 0 radical (unpaired) electrons. The lowest BCUT2D eigenvalue weighted by Gasteiger charge is -2.18. The maximum absolute atomic E-state index is 11.6. The summed E-state index contributed by atoms with van der Waals surface area (Å²) in [5.41, 5.74) is 0. The molecule has 0 aromatic carbocycles. The van der Waals surface area contributed by atoms with Crippen LogP contribution in [-0.4, -0.2) is 15.2 Å². The fourth-order valence-corrected chi connectivity index (χ4v) is 2.18. The third-order valence-corrected chi connectivity index (χ3v) is 3.90. The van der Waals surface area contributed by atoms with E-state index in [-0.39, 0.29) is 4.75 Å². The average Bonchev–Trinajstić information content (AvgIpc) is 2.14. The van der Waals surface area contributed by atoms with Crippen LogP contribution < -0.4 is 0 Å². The third-order valence-electron chi connectivity index (χ3n) is 2.54. The molecule has 1 atom stereocenters. The van der Waals surface area contributed by atoms with E-state index in [1.165, 1.54) is 32.1 Å². The lowest BCUT2D eigenvalue weighted by molar-refractivity contribution is 0.445. The molecular weight excluding hydrogens is 194 g/mol. The predicted octanol–water partition coefficient (Wildman–Crippen LogP) is 3.10. The van der Waals surface area contributed by atoms with Gasteiger partial charge in [-0.2, -0.15) is 4.40 Å². The lowest BCUT2D eigenvalue weighted by Crippen LogP contribution is -2.20. The van der Waals surface area contributed by atoms with Crippen molar-refractivity contribution < 1.29 is 4.21 Å². The molecule has 0 aromatic heterocycles. The highest BCUT2D eigenvalue weighted by Gasteiger charge is 2.19. The highest BCUT2D eigenvalue weighted by Crippen LogP contribution is 2.22. The van der Waals surface area contributed by atoms with Crippen LogP contribution in [0.5, 0.6) is 0 Å². The predicted molar refractivity (Wildman–Crippen MR) is 63.0 cm³/mol. The molecule has 0 unspecified atom stereocenters. The number of rotatable bonds is 2. The first-order chi connectivity index (χ1) is 6.50. The monoisotopic (exact) mass is 215 g/mol. The minimum absolute atomic E-state index is 0.217. The van der Waals surface area contributed by atoms with Crippen molar-refractivity contribution in [3.63, 3.8) is 0 Å². The number of hydrogen-bond donors (Lipinski definition) is 0. The first kappa shape index (κ1) is 11.9. The first-order valence-corrected chi connectivity index (χ1v) is 6.57. The zero-order chi connectivity index (χ0) is 10.6. The van der Waals surface area contributed by atoms with E-state index in [4.69, 9.17) is 0 Å². The quantitative estimate of drug-likeness (QED) is 0.651. The second kappa shape index (κ2) is 5.06. The molecule has 3 heteroatoms. The van der Waals surface area contributed by atoms with Gasteiger partial charge in [0.15, 0.2) is 0 Å². The van der Waals surface area contributed by atoms with Crippen molar-refractivity contribution >= 4 is 17.2 Å². The molecule has 0 saturated heterocycles. The Balaban J connectivity index is 2.42. The normalized spacial score (nSPS) is 22.8. The van der Waals surface area contributed by atoms with Gasteiger partial charge in [-0.3, -0.25) is 0 Å². The van der Waals surface area contributed by atoms with Crippen LogP contribution in [0, 0.1) is 5.92 Å². The summed E-state index contributed by atoms with van der Waals surface area (Å²) in [4.78, 5) is 0. The summed E-state index contributed by atoms with van der Waals surface area (Å²) >= 11 is 0. The van der Waals surface area contributed by atoms with Crippen molar-refractivity contribution in [1.29, 1.82) is 0 Å². The van der Waals surface area contributed by atoms with E-state index in [1.54, 1.807) is 0 Å². The van der Waals surface area contributed by atoms with Gasteiger partial charge in [-0.05, 0) is 39.5 Å². The van der Waals surface area contributed by atoms with E-state index in [0.717, 1.165) is 0 Å². The van der Waals surface area contributed by atoms with Gasteiger partial charge in [0.1, 0.15) is 11.0 Å². The first-order valence-electron chi connectivity index (χ1n) is 5.46. The van der Waals surface area contributed by atoms with Crippen LogP contribution in [0.15, 0.2) is 4.40 Å². The largest absolute Gasteiger partial charge is 0.234 e. The molecule has 1 aliphatic rings. The zero-order valence-electron chi connectivity index (χ0n) is 9.45. The molecule has 1 aliphatic carbocycles. The highest BCUT2D eigenvalue weighted by atomic mass is 32.2. The molecule has 0 bridgehead atoms. The van der Waals surface area contributed by atoms with Crippen molar-refractivity contribution in [2.75, 3.05) is 0 Å². The van der Waals surface area contributed by atoms with Crippen LogP contribution >= 0.6 is 0 Å². The molecule has 0 heterocycles. The van der Waals surface area contributed by atoms with Gasteiger partial charge in [-0.1, -0.05) is 19.3 Å². The fraction of sp³-hybridized carbons (Fsp3) is 0.909. The van der Waals surface area contributed by atoms with E-state index in [0.29, 0.717) is 5.92 Å². The molecule has 1 saturated carbocycles. The van der Waals surface area contributed by atoms with Crippen LogP contribution in [0.3, 0.4) is 0 Å². The number of hydrogen-bond acceptors (Lipinski definition) is 1. The van der Waals surface area contributed by atoms with Gasteiger partial charge < -0.3 is 0 Å². The molecule has 0 aromatic rings. The number of nitrogens with zero attached hydrogens (tertiary/aromatic N) is 1. The van der Waals surface area contributed by atoms with Crippen LogP contribution in [0.4, 0.5) is 0 Å². The van der Waals surface area contributed by atoms with Gasteiger partial charge in [-0.25, -0.2) is 4.21 Å². The molecule has 1 fully saturated rings. The zero-order valence-corrected chi connectivity index (χ0v) is 10.3. The van der Waals surface area contributed by atoms with E-state index < -0.39 is 11.0 Å². The Hall–Kier alpha value is -0.180. The summed E-state index contributed by atoms with van der Waals surface area (Å²) in [6.45, 7) is 5.88. The van der Waals surface area contributed by atoms with E-state index in [9.17, 15) is 4.21 Å². The Morgan fingerprint density at radius 2 is 1.79 bits per heavy atom. The Kier molecular flexibility index (Phi) is 4.30. The molecule has 1 rings (SSSR count). The van der Waals surface area contributed by atoms with Crippen molar-refractivity contribution in [2.24, 2.45) is 10.3 Å². The molecule has 0 spiro atoms. The minimum Gasteiger partial charge on any atom is -0.234 e. The molecule has 2 nitrogen and oxygen atoms in total. The summed E-state index contributed by atoms with van der Waals surface area (Å²) in [7, 11) is -1.07. The highest BCUT2D eigenvalue weighted by molar-refractivity contribution is 7.85. The van der Waals surface area contributed by atoms with Gasteiger partial charge in [0, 0.05) is 6.21 Å². The van der Waals surface area contributed by atoms with Crippen molar-refractivity contribution in [1.82, 2.24) is 0 Å². The summed E-state index contributed by atoms with van der Waals surface area (Å²) < 4.78 is 15.6. The Labute approximate surface area is 89.8 Å². The van der Waals surface area contributed by atoms with E-state index in [2.05, 4.69) is 4.40 Å². The molecular formula is C11H21NOS. The maximum atomic E-state index is 11.6. The van der Waals surface area contributed by atoms with Gasteiger partial charge in [0.2, 0.25) is 0 Å². The lowest BCUT2D eigenvalue weighted by atomic mass is 9.90. The summed E-state index contributed by atoms with van der Waals surface area (Å²) in [5.74, 6) is 0.579. The van der Waals surface area contributed by atoms with Crippen LogP contribution in [-0.2, 0) is 11.0 Å². The van der Waals surface area contributed by atoms with E-state index in [1.807, 2.05) is 27.0 Å².